The Balaban J connectivity index is 2.56. The molecule has 16 heavy (non-hydrogen) atoms. The molecule has 0 aliphatic carbocycles. The van der Waals surface area contributed by atoms with Crippen molar-refractivity contribution in [2.45, 2.75) is 19.4 Å². The predicted octanol–water partition coefficient (Wildman–Crippen LogP) is 2.38. The topological polar surface area (TPSA) is 29.3 Å². The van der Waals surface area contributed by atoms with Gasteiger partial charge in [0, 0.05) is 31.1 Å². The molecular weight excluding hydrogens is 216 g/mol. The highest BCUT2D eigenvalue weighted by Gasteiger charge is 2.01. The van der Waals surface area contributed by atoms with Crippen molar-refractivity contribution in [1.82, 2.24) is 0 Å². The summed E-state index contributed by atoms with van der Waals surface area (Å²) in [5.74, 6) is 1.16. The summed E-state index contributed by atoms with van der Waals surface area (Å²) in [7, 11) is 2.14. The van der Waals surface area contributed by atoms with Gasteiger partial charge in [-0.05, 0) is 37.3 Å². The van der Waals surface area contributed by atoms with Crippen LogP contribution in [0.25, 0.3) is 0 Å². The van der Waals surface area contributed by atoms with E-state index in [0.29, 0.717) is 0 Å². The van der Waals surface area contributed by atoms with Crippen LogP contribution >= 0.6 is 11.8 Å². The quantitative estimate of drug-likeness (QED) is 0.825. The van der Waals surface area contributed by atoms with E-state index >= 15 is 0 Å². The number of nitrogens with two attached hydrogens (primary N) is 1. The Kier molecular flexibility index (Phi) is 5.71. The summed E-state index contributed by atoms with van der Waals surface area (Å²) in [4.78, 5) is 2.28. The van der Waals surface area contributed by atoms with E-state index in [1.807, 2.05) is 18.7 Å². The number of thioether (sulfide) groups is 1. The lowest BCUT2D eigenvalue weighted by Gasteiger charge is -2.19. The molecule has 0 aliphatic rings. The Morgan fingerprint density at radius 1 is 1.31 bits per heavy atom. The molecular formula is C13H22N2S. The van der Waals surface area contributed by atoms with Crippen LogP contribution in [0, 0.1) is 0 Å². The standard InChI is InChI=1S/C13H22N2S/c1-11(14)10-12-4-6-13(7-5-12)15(2)8-9-16-3/h4-7,11H,8-10,14H2,1-3H3. The highest BCUT2D eigenvalue weighted by Crippen LogP contribution is 2.14. The van der Waals surface area contributed by atoms with E-state index in [-0.39, 0.29) is 6.04 Å². The van der Waals surface area contributed by atoms with Gasteiger partial charge in [0.25, 0.3) is 0 Å². The zero-order chi connectivity index (χ0) is 12.0. The van der Waals surface area contributed by atoms with E-state index in [1.165, 1.54) is 11.3 Å². The van der Waals surface area contributed by atoms with Crippen molar-refractivity contribution in [2.24, 2.45) is 5.73 Å². The van der Waals surface area contributed by atoms with Crippen LogP contribution in [0.3, 0.4) is 0 Å². The van der Waals surface area contributed by atoms with Crippen LogP contribution in [-0.4, -0.2) is 31.6 Å². The second-order valence-electron chi connectivity index (χ2n) is 4.26. The number of hydrogen-bond acceptors (Lipinski definition) is 3. The SMILES string of the molecule is CSCCN(C)c1ccc(CC(C)N)cc1. The van der Waals surface area contributed by atoms with Crippen molar-refractivity contribution in [2.75, 3.05) is 30.5 Å². The molecule has 1 aromatic carbocycles. The fourth-order valence-corrected chi connectivity index (χ4v) is 2.07. The first-order chi connectivity index (χ1) is 7.63. The van der Waals surface area contributed by atoms with Crippen molar-refractivity contribution in [3.8, 4) is 0 Å². The van der Waals surface area contributed by atoms with Crippen molar-refractivity contribution < 1.29 is 0 Å². The lowest BCUT2D eigenvalue weighted by atomic mass is 10.1. The fourth-order valence-electron chi connectivity index (χ4n) is 1.62. The predicted molar refractivity (Wildman–Crippen MR) is 75.4 cm³/mol. The Morgan fingerprint density at radius 2 is 1.94 bits per heavy atom. The Bertz CT molecular complexity index is 295. The van der Waals surface area contributed by atoms with Crippen LogP contribution in [0.1, 0.15) is 12.5 Å². The average Bonchev–Trinajstić information content (AvgIpc) is 2.26. The van der Waals surface area contributed by atoms with Gasteiger partial charge in [-0.2, -0.15) is 11.8 Å². The summed E-state index contributed by atoms with van der Waals surface area (Å²) < 4.78 is 0. The molecule has 0 spiro atoms. The van der Waals surface area contributed by atoms with Crippen LogP contribution in [0.15, 0.2) is 24.3 Å². The Hall–Kier alpha value is -0.670. The van der Waals surface area contributed by atoms with Crippen molar-refractivity contribution in [3.05, 3.63) is 29.8 Å². The van der Waals surface area contributed by atoms with Crippen LogP contribution in [0.4, 0.5) is 5.69 Å². The first-order valence-electron chi connectivity index (χ1n) is 5.68. The summed E-state index contributed by atoms with van der Waals surface area (Å²) in [5.41, 5.74) is 8.37. The van der Waals surface area contributed by atoms with Crippen LogP contribution < -0.4 is 10.6 Å². The maximum absolute atomic E-state index is 5.77. The largest absolute Gasteiger partial charge is 0.374 e. The molecule has 0 saturated carbocycles. The number of rotatable bonds is 6. The van der Waals surface area contributed by atoms with Gasteiger partial charge in [-0.15, -0.1) is 0 Å². The zero-order valence-corrected chi connectivity index (χ0v) is 11.3. The molecule has 0 aliphatic heterocycles. The molecule has 0 saturated heterocycles. The van der Waals surface area contributed by atoms with Gasteiger partial charge >= 0.3 is 0 Å². The van der Waals surface area contributed by atoms with E-state index < -0.39 is 0 Å². The van der Waals surface area contributed by atoms with Gasteiger partial charge in [0.05, 0.1) is 0 Å². The lowest BCUT2D eigenvalue weighted by Crippen LogP contribution is -2.20. The Morgan fingerprint density at radius 3 is 2.44 bits per heavy atom. The van der Waals surface area contributed by atoms with E-state index in [9.17, 15) is 0 Å². The van der Waals surface area contributed by atoms with Gasteiger partial charge in [0.15, 0.2) is 0 Å². The van der Waals surface area contributed by atoms with Crippen molar-refractivity contribution >= 4 is 17.4 Å². The molecule has 1 aromatic rings. The Labute approximate surface area is 103 Å². The third-order valence-corrected chi connectivity index (χ3v) is 3.16. The van der Waals surface area contributed by atoms with Gasteiger partial charge in [0.2, 0.25) is 0 Å². The normalized spacial score (nSPS) is 12.5. The maximum Gasteiger partial charge on any atom is 0.0364 e. The lowest BCUT2D eigenvalue weighted by molar-refractivity contribution is 0.738. The smallest absolute Gasteiger partial charge is 0.0364 e. The number of hydrogen-bond donors (Lipinski definition) is 1. The van der Waals surface area contributed by atoms with Crippen molar-refractivity contribution in [1.29, 1.82) is 0 Å². The minimum Gasteiger partial charge on any atom is -0.374 e. The molecule has 2 N–H and O–H groups in total. The van der Waals surface area contributed by atoms with E-state index in [2.05, 4.69) is 42.5 Å². The van der Waals surface area contributed by atoms with Gasteiger partial charge in [-0.1, -0.05) is 12.1 Å². The summed E-state index contributed by atoms with van der Waals surface area (Å²) in [6, 6.07) is 8.94. The van der Waals surface area contributed by atoms with Crippen LogP contribution in [0.2, 0.25) is 0 Å². The van der Waals surface area contributed by atoms with Crippen LogP contribution in [0.5, 0.6) is 0 Å². The van der Waals surface area contributed by atoms with Gasteiger partial charge < -0.3 is 10.6 Å². The molecule has 3 heteroatoms. The molecule has 0 radical (unpaired) electrons. The summed E-state index contributed by atoms with van der Waals surface area (Å²) >= 11 is 1.88. The monoisotopic (exact) mass is 238 g/mol. The van der Waals surface area contributed by atoms with E-state index in [4.69, 9.17) is 5.73 Å². The molecule has 0 amide bonds. The first-order valence-corrected chi connectivity index (χ1v) is 7.07. The molecule has 1 atom stereocenters. The molecule has 1 rings (SSSR count). The van der Waals surface area contributed by atoms with E-state index in [1.54, 1.807) is 0 Å². The molecule has 0 heterocycles. The summed E-state index contributed by atoms with van der Waals surface area (Å²) in [6.45, 7) is 3.13. The first kappa shape index (κ1) is 13.4. The average molecular weight is 238 g/mol. The summed E-state index contributed by atoms with van der Waals surface area (Å²) in [6.07, 6.45) is 3.09. The minimum absolute atomic E-state index is 0.236. The molecule has 0 fully saturated rings. The third kappa shape index (κ3) is 4.45. The highest BCUT2D eigenvalue weighted by atomic mass is 32.2. The highest BCUT2D eigenvalue weighted by molar-refractivity contribution is 7.98. The number of anilines is 1. The van der Waals surface area contributed by atoms with Crippen LogP contribution in [-0.2, 0) is 6.42 Å². The second-order valence-corrected chi connectivity index (χ2v) is 5.25. The maximum atomic E-state index is 5.77. The van der Waals surface area contributed by atoms with Crippen molar-refractivity contribution in [3.63, 3.8) is 0 Å². The minimum atomic E-state index is 0.236. The van der Waals surface area contributed by atoms with E-state index in [0.717, 1.165) is 18.7 Å². The second kappa shape index (κ2) is 6.81. The molecule has 0 aromatic heterocycles. The molecule has 1 unspecified atom stereocenters. The fraction of sp³-hybridized carbons (Fsp3) is 0.538. The number of nitrogens with zero attached hydrogens (tertiary/aromatic N) is 1. The zero-order valence-electron chi connectivity index (χ0n) is 10.4. The molecule has 0 bridgehead atoms. The third-order valence-electron chi connectivity index (χ3n) is 2.57. The number of benzene rings is 1. The van der Waals surface area contributed by atoms with Gasteiger partial charge in [0.1, 0.15) is 0 Å². The molecule has 2 nitrogen and oxygen atoms in total. The van der Waals surface area contributed by atoms with Gasteiger partial charge in [-0.3, -0.25) is 0 Å². The van der Waals surface area contributed by atoms with Gasteiger partial charge in [-0.25, -0.2) is 0 Å². The molecule has 90 valence electrons. The summed E-state index contributed by atoms with van der Waals surface area (Å²) in [5, 5.41) is 0.